The third-order valence-electron chi connectivity index (χ3n) is 6.96. The summed E-state index contributed by atoms with van der Waals surface area (Å²) >= 11 is 0. The van der Waals surface area contributed by atoms with E-state index in [9.17, 15) is 18.4 Å². The van der Waals surface area contributed by atoms with Crippen molar-refractivity contribution in [2.24, 2.45) is 0 Å². The second-order valence-electron chi connectivity index (χ2n) is 10.1. The molecule has 2 heterocycles. The smallest absolute Gasteiger partial charge is 0.259 e. The molecule has 38 heavy (non-hydrogen) atoms. The lowest BCUT2D eigenvalue weighted by Crippen LogP contribution is -2.40. The van der Waals surface area contributed by atoms with E-state index < -0.39 is 23.1 Å². The molecule has 1 aliphatic heterocycles. The summed E-state index contributed by atoms with van der Waals surface area (Å²) in [7, 11) is 3.96. The number of pyridine rings is 1. The highest BCUT2D eigenvalue weighted by molar-refractivity contribution is 5.96. The molecule has 1 fully saturated rings. The van der Waals surface area contributed by atoms with Crippen molar-refractivity contribution in [2.45, 2.75) is 32.2 Å². The second-order valence-corrected chi connectivity index (χ2v) is 10.1. The SMILES string of the molecule is Cc1ccc(C(=O)N(CCN(C)C)Cc2ccccc2)c(C2CCN(C(=O)c3c(F)cccc3F)CC2)n1. The van der Waals surface area contributed by atoms with Crippen LogP contribution in [0.5, 0.6) is 0 Å². The lowest BCUT2D eigenvalue weighted by Gasteiger charge is -2.33. The number of rotatable bonds is 8. The number of likely N-dealkylation sites (N-methyl/N-ethyl adjacent to an activating group) is 1. The van der Waals surface area contributed by atoms with Crippen molar-refractivity contribution in [1.29, 1.82) is 0 Å². The molecule has 0 atom stereocenters. The summed E-state index contributed by atoms with van der Waals surface area (Å²) in [4.78, 5) is 36.9. The van der Waals surface area contributed by atoms with Gasteiger partial charge in [0.25, 0.3) is 11.8 Å². The van der Waals surface area contributed by atoms with Crippen molar-refractivity contribution in [3.8, 4) is 0 Å². The lowest BCUT2D eigenvalue weighted by atomic mass is 9.89. The molecule has 1 aromatic heterocycles. The van der Waals surface area contributed by atoms with Crippen LogP contribution in [0.4, 0.5) is 8.78 Å². The van der Waals surface area contributed by atoms with Crippen molar-refractivity contribution in [3.05, 3.63) is 100 Å². The molecule has 0 spiro atoms. The number of likely N-dealkylation sites (tertiary alicyclic amines) is 1. The molecule has 0 N–H and O–H groups in total. The molecule has 6 nitrogen and oxygen atoms in total. The standard InChI is InChI=1S/C30H34F2N4O2/c1-21-12-13-24(29(37)36(19-18-34(2)3)20-22-8-5-4-6-9-22)28(33-21)23-14-16-35(17-15-23)30(38)27-25(31)10-7-11-26(27)32/h4-13,23H,14-20H2,1-3H3. The van der Waals surface area contributed by atoms with Crippen LogP contribution in [0.1, 0.15) is 56.4 Å². The number of carbonyl (C=O) groups excluding carboxylic acids is 2. The Morgan fingerprint density at radius 3 is 2.21 bits per heavy atom. The van der Waals surface area contributed by atoms with Crippen LogP contribution in [0, 0.1) is 18.6 Å². The van der Waals surface area contributed by atoms with Gasteiger partial charge in [-0.25, -0.2) is 8.78 Å². The number of benzene rings is 2. The number of aromatic nitrogens is 1. The van der Waals surface area contributed by atoms with Gasteiger partial charge < -0.3 is 14.7 Å². The van der Waals surface area contributed by atoms with Gasteiger partial charge in [0, 0.05) is 44.3 Å². The van der Waals surface area contributed by atoms with Crippen molar-refractivity contribution < 1.29 is 18.4 Å². The highest BCUT2D eigenvalue weighted by Gasteiger charge is 2.31. The van der Waals surface area contributed by atoms with E-state index in [1.807, 2.05) is 73.3 Å². The summed E-state index contributed by atoms with van der Waals surface area (Å²) in [5, 5.41) is 0. The van der Waals surface area contributed by atoms with Crippen LogP contribution in [0.25, 0.3) is 0 Å². The van der Waals surface area contributed by atoms with E-state index in [2.05, 4.69) is 0 Å². The molecule has 0 saturated carbocycles. The fourth-order valence-electron chi connectivity index (χ4n) is 4.83. The van der Waals surface area contributed by atoms with Crippen molar-refractivity contribution in [3.63, 3.8) is 0 Å². The summed E-state index contributed by atoms with van der Waals surface area (Å²) in [5.74, 6) is -2.49. The Hall–Kier alpha value is -3.65. The molecule has 2 amide bonds. The quantitative estimate of drug-likeness (QED) is 0.424. The number of hydrogen-bond donors (Lipinski definition) is 0. The maximum Gasteiger partial charge on any atom is 0.259 e. The van der Waals surface area contributed by atoms with Crippen LogP contribution in [-0.4, -0.2) is 71.8 Å². The van der Waals surface area contributed by atoms with Crippen LogP contribution in [0.3, 0.4) is 0 Å². The molecule has 0 unspecified atom stereocenters. The predicted octanol–water partition coefficient (Wildman–Crippen LogP) is 4.89. The van der Waals surface area contributed by atoms with E-state index in [0.29, 0.717) is 44.6 Å². The molecule has 8 heteroatoms. The van der Waals surface area contributed by atoms with Crippen LogP contribution >= 0.6 is 0 Å². The van der Waals surface area contributed by atoms with E-state index in [-0.39, 0.29) is 11.8 Å². The number of piperidine rings is 1. The fraction of sp³-hybridized carbons (Fsp3) is 0.367. The Kier molecular flexibility index (Phi) is 8.84. The Morgan fingerprint density at radius 2 is 1.58 bits per heavy atom. The number of nitrogens with zero attached hydrogens (tertiary/aromatic N) is 4. The van der Waals surface area contributed by atoms with E-state index in [1.165, 1.54) is 11.0 Å². The maximum absolute atomic E-state index is 14.2. The van der Waals surface area contributed by atoms with E-state index in [1.54, 1.807) is 0 Å². The Morgan fingerprint density at radius 1 is 0.921 bits per heavy atom. The minimum Gasteiger partial charge on any atom is -0.338 e. The topological polar surface area (TPSA) is 56.8 Å². The van der Waals surface area contributed by atoms with Crippen molar-refractivity contribution >= 4 is 11.8 Å². The lowest BCUT2D eigenvalue weighted by molar-refractivity contribution is 0.0691. The molecule has 2 aromatic carbocycles. The summed E-state index contributed by atoms with van der Waals surface area (Å²) in [6.07, 6.45) is 1.10. The summed E-state index contributed by atoms with van der Waals surface area (Å²) in [5.41, 5.74) is 2.63. The van der Waals surface area contributed by atoms with Gasteiger partial charge >= 0.3 is 0 Å². The Balaban J connectivity index is 1.54. The van der Waals surface area contributed by atoms with Gasteiger partial charge in [0.15, 0.2) is 0 Å². The molecular formula is C30H34F2N4O2. The van der Waals surface area contributed by atoms with Gasteiger partial charge in [-0.2, -0.15) is 0 Å². The fourth-order valence-corrected chi connectivity index (χ4v) is 4.83. The Labute approximate surface area is 222 Å². The first-order chi connectivity index (χ1) is 18.2. The zero-order valence-corrected chi connectivity index (χ0v) is 22.2. The van der Waals surface area contributed by atoms with Gasteiger partial charge in [0.2, 0.25) is 0 Å². The largest absolute Gasteiger partial charge is 0.338 e. The monoisotopic (exact) mass is 520 g/mol. The molecule has 1 saturated heterocycles. The number of amides is 2. The first kappa shape index (κ1) is 27.4. The van der Waals surface area contributed by atoms with Gasteiger partial charge in [-0.1, -0.05) is 36.4 Å². The first-order valence-electron chi connectivity index (χ1n) is 12.9. The molecule has 0 aliphatic carbocycles. The van der Waals surface area contributed by atoms with Gasteiger partial charge in [0.1, 0.15) is 17.2 Å². The zero-order chi connectivity index (χ0) is 27.2. The zero-order valence-electron chi connectivity index (χ0n) is 22.2. The van der Waals surface area contributed by atoms with Crippen LogP contribution in [-0.2, 0) is 6.54 Å². The normalized spacial score (nSPS) is 14.1. The minimum atomic E-state index is -0.860. The van der Waals surface area contributed by atoms with E-state index in [4.69, 9.17) is 4.98 Å². The van der Waals surface area contributed by atoms with Gasteiger partial charge in [-0.3, -0.25) is 14.6 Å². The number of carbonyl (C=O) groups is 2. The van der Waals surface area contributed by atoms with Gasteiger partial charge in [-0.15, -0.1) is 0 Å². The molecule has 0 radical (unpaired) electrons. The number of hydrogen-bond acceptors (Lipinski definition) is 4. The van der Waals surface area contributed by atoms with Crippen LogP contribution in [0.15, 0.2) is 60.7 Å². The molecule has 0 bridgehead atoms. The van der Waals surface area contributed by atoms with E-state index >= 15 is 0 Å². The van der Waals surface area contributed by atoms with Gasteiger partial charge in [-0.05, 0) is 63.7 Å². The van der Waals surface area contributed by atoms with Crippen molar-refractivity contribution in [2.75, 3.05) is 40.3 Å². The first-order valence-corrected chi connectivity index (χ1v) is 12.9. The van der Waals surface area contributed by atoms with E-state index in [0.717, 1.165) is 35.6 Å². The van der Waals surface area contributed by atoms with Crippen molar-refractivity contribution in [1.82, 2.24) is 19.7 Å². The summed E-state index contributed by atoms with van der Waals surface area (Å²) in [6, 6.07) is 17.0. The molecular weight excluding hydrogens is 486 g/mol. The predicted molar refractivity (Wildman–Crippen MR) is 143 cm³/mol. The third-order valence-corrected chi connectivity index (χ3v) is 6.96. The minimum absolute atomic E-state index is 0.0456. The molecule has 200 valence electrons. The van der Waals surface area contributed by atoms with Gasteiger partial charge in [0.05, 0.1) is 11.3 Å². The summed E-state index contributed by atoms with van der Waals surface area (Å²) < 4.78 is 28.4. The average molecular weight is 521 g/mol. The summed E-state index contributed by atoms with van der Waals surface area (Å²) in [6.45, 7) is 4.33. The molecule has 4 rings (SSSR count). The molecule has 3 aromatic rings. The second kappa shape index (κ2) is 12.3. The number of aryl methyl sites for hydroxylation is 1. The maximum atomic E-state index is 14.2. The molecule has 1 aliphatic rings. The highest BCUT2D eigenvalue weighted by Crippen LogP contribution is 2.31. The third kappa shape index (κ3) is 6.42. The average Bonchev–Trinajstić information content (AvgIpc) is 2.91. The Bertz CT molecular complexity index is 1250. The highest BCUT2D eigenvalue weighted by atomic mass is 19.1. The number of halogens is 2. The van der Waals surface area contributed by atoms with Crippen LogP contribution < -0.4 is 0 Å². The van der Waals surface area contributed by atoms with Crippen LogP contribution in [0.2, 0.25) is 0 Å².